The molecule has 0 radical (unpaired) electrons. The summed E-state index contributed by atoms with van der Waals surface area (Å²) in [4.78, 5) is 0. The minimum Gasteiger partial charge on any atom is -0.380 e. The Morgan fingerprint density at radius 2 is 1.67 bits per heavy atom. The van der Waals surface area contributed by atoms with Crippen LogP contribution in [0.25, 0.3) is 0 Å². The lowest BCUT2D eigenvalue weighted by atomic mass is 9.62. The maximum Gasteiger partial charge on any atom is 0.0689 e. The van der Waals surface area contributed by atoms with Gasteiger partial charge in [0.1, 0.15) is 0 Å². The Bertz CT molecular complexity index is 791. The fourth-order valence-electron chi connectivity index (χ4n) is 8.14. The molecule has 0 aromatic heterocycles. The SMILES string of the molecule is CCOC(C)(C)C(C)COC(C)C1CCC2C(=CC=C3CC(OC)C4(CC4)C(OC)C3)CCCC21C. The third-order valence-electron chi connectivity index (χ3n) is 11.0. The molecule has 0 aromatic carbocycles. The molecule has 206 valence electrons. The van der Waals surface area contributed by atoms with Crippen molar-refractivity contribution in [1.29, 1.82) is 0 Å². The van der Waals surface area contributed by atoms with Gasteiger partial charge in [0.15, 0.2) is 0 Å². The van der Waals surface area contributed by atoms with Crippen LogP contribution in [0, 0.1) is 28.6 Å². The van der Waals surface area contributed by atoms with Crippen LogP contribution in [0.3, 0.4) is 0 Å². The number of rotatable bonds is 10. The van der Waals surface area contributed by atoms with Gasteiger partial charge < -0.3 is 18.9 Å². The molecule has 4 fully saturated rings. The van der Waals surface area contributed by atoms with E-state index in [1.165, 1.54) is 50.5 Å². The van der Waals surface area contributed by atoms with E-state index in [0.717, 1.165) is 26.1 Å². The van der Waals surface area contributed by atoms with Crippen LogP contribution >= 0.6 is 0 Å². The summed E-state index contributed by atoms with van der Waals surface area (Å²) in [5.74, 6) is 1.68. The first-order chi connectivity index (χ1) is 17.1. The Balaban J connectivity index is 1.42. The number of fused-ring (bicyclic) bond motifs is 1. The highest BCUT2D eigenvalue weighted by Crippen LogP contribution is 2.60. The van der Waals surface area contributed by atoms with Gasteiger partial charge in [-0.05, 0) is 103 Å². The fraction of sp³-hybridized carbons (Fsp3) is 0.875. The Morgan fingerprint density at radius 3 is 2.25 bits per heavy atom. The molecule has 7 unspecified atom stereocenters. The maximum atomic E-state index is 6.56. The van der Waals surface area contributed by atoms with Crippen LogP contribution in [0.5, 0.6) is 0 Å². The lowest BCUT2D eigenvalue weighted by Gasteiger charge is -2.44. The molecule has 4 aliphatic carbocycles. The average Bonchev–Trinajstić information content (AvgIpc) is 3.55. The van der Waals surface area contributed by atoms with Crippen molar-refractivity contribution < 1.29 is 18.9 Å². The predicted octanol–water partition coefficient (Wildman–Crippen LogP) is 7.52. The highest BCUT2D eigenvalue weighted by atomic mass is 16.5. The molecule has 4 aliphatic rings. The van der Waals surface area contributed by atoms with Crippen molar-refractivity contribution in [3.8, 4) is 0 Å². The van der Waals surface area contributed by atoms with E-state index in [1.807, 2.05) is 14.2 Å². The van der Waals surface area contributed by atoms with Crippen molar-refractivity contribution in [3.63, 3.8) is 0 Å². The van der Waals surface area contributed by atoms with Crippen LogP contribution in [0.1, 0.15) is 99.3 Å². The number of hydrogen-bond donors (Lipinski definition) is 0. The van der Waals surface area contributed by atoms with Crippen LogP contribution in [0.2, 0.25) is 0 Å². The van der Waals surface area contributed by atoms with Gasteiger partial charge in [-0.2, -0.15) is 0 Å². The summed E-state index contributed by atoms with van der Waals surface area (Å²) >= 11 is 0. The van der Waals surface area contributed by atoms with Crippen molar-refractivity contribution in [2.75, 3.05) is 27.4 Å². The number of hydrogen-bond acceptors (Lipinski definition) is 4. The predicted molar refractivity (Wildman–Crippen MR) is 147 cm³/mol. The normalized spacial score (nSPS) is 36.7. The zero-order chi connectivity index (χ0) is 26.1. The smallest absolute Gasteiger partial charge is 0.0689 e. The second-order valence-corrected chi connectivity index (χ2v) is 13.2. The third kappa shape index (κ3) is 5.40. The van der Waals surface area contributed by atoms with E-state index in [0.29, 0.717) is 35.4 Å². The summed E-state index contributed by atoms with van der Waals surface area (Å²) in [6.07, 6.45) is 16.9. The summed E-state index contributed by atoms with van der Waals surface area (Å²) in [7, 11) is 3.76. The summed E-state index contributed by atoms with van der Waals surface area (Å²) in [6.45, 7) is 15.1. The van der Waals surface area contributed by atoms with Gasteiger partial charge in [0.2, 0.25) is 0 Å². The summed E-state index contributed by atoms with van der Waals surface area (Å²) in [5.41, 5.74) is 3.65. The molecular weight excluding hydrogens is 448 g/mol. The monoisotopic (exact) mass is 502 g/mol. The molecule has 4 rings (SSSR count). The molecular formula is C32H54O4. The third-order valence-corrected chi connectivity index (χ3v) is 11.0. The van der Waals surface area contributed by atoms with Crippen molar-refractivity contribution in [2.24, 2.45) is 28.6 Å². The van der Waals surface area contributed by atoms with E-state index in [4.69, 9.17) is 18.9 Å². The van der Waals surface area contributed by atoms with Crippen molar-refractivity contribution >= 4 is 0 Å². The molecule has 0 N–H and O–H groups in total. The second kappa shape index (κ2) is 11.2. The van der Waals surface area contributed by atoms with Crippen LogP contribution in [-0.2, 0) is 18.9 Å². The largest absolute Gasteiger partial charge is 0.380 e. The van der Waals surface area contributed by atoms with Gasteiger partial charge in [0.25, 0.3) is 0 Å². The maximum absolute atomic E-state index is 6.56. The highest BCUT2D eigenvalue weighted by molar-refractivity contribution is 5.28. The van der Waals surface area contributed by atoms with Gasteiger partial charge in [0.05, 0.1) is 30.5 Å². The van der Waals surface area contributed by atoms with Crippen LogP contribution in [0.4, 0.5) is 0 Å². The Morgan fingerprint density at radius 1 is 1.00 bits per heavy atom. The van der Waals surface area contributed by atoms with E-state index in [1.54, 1.807) is 5.57 Å². The Labute approximate surface area is 221 Å². The van der Waals surface area contributed by atoms with Gasteiger partial charge in [0, 0.05) is 32.2 Å². The molecule has 36 heavy (non-hydrogen) atoms. The molecule has 0 heterocycles. The molecule has 0 aromatic rings. The lowest BCUT2D eigenvalue weighted by Crippen LogP contribution is -2.41. The molecule has 1 spiro atoms. The molecule has 4 saturated carbocycles. The fourth-order valence-corrected chi connectivity index (χ4v) is 8.14. The number of methoxy groups -OCH3 is 2. The molecule has 0 amide bonds. The van der Waals surface area contributed by atoms with Gasteiger partial charge in [-0.15, -0.1) is 0 Å². The average molecular weight is 503 g/mol. The zero-order valence-corrected chi connectivity index (χ0v) is 24.5. The standard InChI is InChI=1S/C32H54O4/c1-9-36-30(4,5)22(2)21-35-23(3)26-14-15-27-25(11-10-16-31(26,27)6)13-12-24-19-28(33-7)32(17-18-32)29(20-24)34-8/h12-13,22-23,26-29H,9-11,14-21H2,1-8H3. The van der Waals surface area contributed by atoms with Crippen molar-refractivity contribution in [1.82, 2.24) is 0 Å². The van der Waals surface area contributed by atoms with Gasteiger partial charge in [-0.1, -0.05) is 37.1 Å². The second-order valence-electron chi connectivity index (χ2n) is 13.2. The minimum absolute atomic E-state index is 0.146. The first kappa shape index (κ1) is 28.3. The first-order valence-corrected chi connectivity index (χ1v) is 14.8. The highest BCUT2D eigenvalue weighted by Gasteiger charge is 2.58. The molecule has 7 atom stereocenters. The lowest BCUT2D eigenvalue weighted by molar-refractivity contribution is -0.0977. The van der Waals surface area contributed by atoms with E-state index in [-0.39, 0.29) is 17.1 Å². The van der Waals surface area contributed by atoms with E-state index in [9.17, 15) is 0 Å². The summed E-state index contributed by atoms with van der Waals surface area (Å²) in [5, 5.41) is 0. The topological polar surface area (TPSA) is 36.9 Å². The molecule has 0 bridgehead atoms. The van der Waals surface area contributed by atoms with E-state index >= 15 is 0 Å². The van der Waals surface area contributed by atoms with Crippen molar-refractivity contribution in [3.05, 3.63) is 23.3 Å². The molecule has 4 nitrogen and oxygen atoms in total. The van der Waals surface area contributed by atoms with Gasteiger partial charge >= 0.3 is 0 Å². The first-order valence-electron chi connectivity index (χ1n) is 14.8. The van der Waals surface area contributed by atoms with E-state index in [2.05, 4.69) is 53.7 Å². The zero-order valence-electron chi connectivity index (χ0n) is 24.5. The van der Waals surface area contributed by atoms with Gasteiger partial charge in [-0.25, -0.2) is 0 Å². The van der Waals surface area contributed by atoms with Gasteiger partial charge in [-0.3, -0.25) is 0 Å². The van der Waals surface area contributed by atoms with E-state index < -0.39 is 0 Å². The summed E-state index contributed by atoms with van der Waals surface area (Å²) in [6, 6.07) is 0. The van der Waals surface area contributed by atoms with Crippen molar-refractivity contribution in [2.45, 2.75) is 123 Å². The summed E-state index contributed by atoms with van der Waals surface area (Å²) < 4.78 is 24.5. The van der Waals surface area contributed by atoms with Crippen LogP contribution < -0.4 is 0 Å². The van der Waals surface area contributed by atoms with Crippen LogP contribution in [-0.4, -0.2) is 51.3 Å². The number of allylic oxidation sites excluding steroid dienone is 3. The number of ether oxygens (including phenoxy) is 4. The quantitative estimate of drug-likeness (QED) is 0.310. The molecule has 0 aliphatic heterocycles. The molecule has 4 heteroatoms. The Kier molecular flexibility index (Phi) is 8.82. The molecule has 0 saturated heterocycles. The minimum atomic E-state index is -0.146. The van der Waals surface area contributed by atoms with Crippen LogP contribution in [0.15, 0.2) is 23.3 Å². The Hall–Kier alpha value is -0.680.